The predicted molar refractivity (Wildman–Crippen MR) is 88.3 cm³/mol. The van der Waals surface area contributed by atoms with Crippen molar-refractivity contribution in [3.63, 3.8) is 0 Å². The highest BCUT2D eigenvalue weighted by Gasteiger charge is 2.30. The van der Waals surface area contributed by atoms with Crippen LogP contribution >= 0.6 is 11.6 Å². The number of piperidine rings is 1. The first kappa shape index (κ1) is 19.1. The molecule has 0 saturated carbocycles. The number of rotatable bonds is 6. The number of hydrogen-bond acceptors (Lipinski definition) is 4. The molecule has 25 heavy (non-hydrogen) atoms. The Labute approximate surface area is 148 Å². The summed E-state index contributed by atoms with van der Waals surface area (Å²) in [5, 5.41) is 11.6. The first-order valence-corrected chi connectivity index (χ1v) is 8.14. The minimum Gasteiger partial charge on any atom is -0.479 e. The number of carbonyl (C=O) groups is 3. The number of hydrogen-bond donors (Lipinski definition) is 3. The van der Waals surface area contributed by atoms with E-state index in [2.05, 4.69) is 5.32 Å². The van der Waals surface area contributed by atoms with Gasteiger partial charge in [0.25, 0.3) is 0 Å². The maximum absolute atomic E-state index is 13.2. The number of carboxylic acid groups (broad SMARTS) is 1. The van der Waals surface area contributed by atoms with E-state index in [-0.39, 0.29) is 23.0 Å². The SMILES string of the molecule is NC(=O)CN1CCC(C(=O)N[C@H](C(=O)O)c2ccc(F)c(Cl)c2)CC1. The average Bonchev–Trinajstić information content (AvgIpc) is 2.55. The molecule has 1 fully saturated rings. The number of carbonyl (C=O) groups excluding carboxylic acids is 2. The lowest BCUT2D eigenvalue weighted by molar-refractivity contribution is -0.143. The fraction of sp³-hybridized carbons (Fsp3) is 0.438. The van der Waals surface area contributed by atoms with Gasteiger partial charge in [-0.3, -0.25) is 14.5 Å². The van der Waals surface area contributed by atoms with Gasteiger partial charge in [0.15, 0.2) is 6.04 Å². The molecule has 9 heteroatoms. The molecule has 4 N–H and O–H groups in total. The summed E-state index contributed by atoms with van der Waals surface area (Å²) in [7, 11) is 0. The lowest BCUT2D eigenvalue weighted by Crippen LogP contribution is -2.45. The van der Waals surface area contributed by atoms with Crippen LogP contribution in [0.25, 0.3) is 0 Å². The van der Waals surface area contributed by atoms with Crippen molar-refractivity contribution in [1.29, 1.82) is 0 Å². The Balaban J connectivity index is 2.00. The lowest BCUT2D eigenvalue weighted by Gasteiger charge is -2.30. The third kappa shape index (κ3) is 5.14. The summed E-state index contributed by atoms with van der Waals surface area (Å²) in [6, 6.07) is 2.21. The predicted octanol–water partition coefficient (Wildman–Crippen LogP) is 0.918. The number of nitrogens with two attached hydrogens (primary N) is 1. The van der Waals surface area contributed by atoms with E-state index in [1.165, 1.54) is 12.1 Å². The third-order valence-electron chi connectivity index (χ3n) is 4.15. The van der Waals surface area contributed by atoms with Crippen LogP contribution in [0.2, 0.25) is 5.02 Å². The highest BCUT2D eigenvalue weighted by molar-refractivity contribution is 6.30. The maximum Gasteiger partial charge on any atom is 0.330 e. The number of halogens is 2. The molecular weight excluding hydrogens is 353 g/mol. The molecular formula is C16H19ClFN3O4. The molecule has 0 spiro atoms. The van der Waals surface area contributed by atoms with Crippen molar-refractivity contribution >= 4 is 29.4 Å². The molecule has 0 aromatic heterocycles. The molecule has 7 nitrogen and oxygen atoms in total. The first-order valence-electron chi connectivity index (χ1n) is 7.76. The highest BCUT2D eigenvalue weighted by atomic mass is 35.5. The molecule has 1 aromatic rings. The normalized spacial score (nSPS) is 17.0. The van der Waals surface area contributed by atoms with Crippen molar-refractivity contribution in [2.24, 2.45) is 11.7 Å². The smallest absolute Gasteiger partial charge is 0.330 e. The summed E-state index contributed by atoms with van der Waals surface area (Å²) >= 11 is 5.68. The summed E-state index contributed by atoms with van der Waals surface area (Å²) in [5.74, 6) is -3.11. The fourth-order valence-corrected chi connectivity index (χ4v) is 3.00. The van der Waals surface area contributed by atoms with Crippen molar-refractivity contribution in [2.45, 2.75) is 18.9 Å². The third-order valence-corrected chi connectivity index (χ3v) is 4.44. The number of nitrogens with zero attached hydrogens (tertiary/aromatic N) is 1. The maximum atomic E-state index is 13.2. The van der Waals surface area contributed by atoms with Crippen LogP contribution < -0.4 is 11.1 Å². The van der Waals surface area contributed by atoms with E-state index >= 15 is 0 Å². The Bertz CT molecular complexity index is 677. The van der Waals surface area contributed by atoms with Crippen LogP contribution in [0.15, 0.2) is 18.2 Å². The van der Waals surface area contributed by atoms with E-state index in [1.807, 2.05) is 4.90 Å². The summed E-state index contributed by atoms with van der Waals surface area (Å²) < 4.78 is 13.2. The molecule has 2 amide bonds. The second kappa shape index (κ2) is 8.26. The van der Waals surface area contributed by atoms with Crippen molar-refractivity contribution in [3.05, 3.63) is 34.6 Å². The van der Waals surface area contributed by atoms with E-state index in [4.69, 9.17) is 17.3 Å². The Hall–Kier alpha value is -2.19. The summed E-state index contributed by atoms with van der Waals surface area (Å²) in [5.41, 5.74) is 5.33. The van der Waals surface area contributed by atoms with Crippen LogP contribution in [0.4, 0.5) is 4.39 Å². The van der Waals surface area contributed by atoms with Crippen LogP contribution in [0.5, 0.6) is 0 Å². The van der Waals surface area contributed by atoms with Gasteiger partial charge in [-0.1, -0.05) is 17.7 Å². The number of nitrogens with one attached hydrogen (secondary N) is 1. The summed E-state index contributed by atoms with van der Waals surface area (Å²) in [6.07, 6.45) is 0.991. The van der Waals surface area contributed by atoms with Crippen LogP contribution in [0, 0.1) is 11.7 Å². The molecule has 0 radical (unpaired) electrons. The zero-order valence-electron chi connectivity index (χ0n) is 13.4. The first-order chi connectivity index (χ1) is 11.8. The van der Waals surface area contributed by atoms with Gasteiger partial charge in [0, 0.05) is 5.92 Å². The molecule has 1 heterocycles. The van der Waals surface area contributed by atoms with Gasteiger partial charge in [0.2, 0.25) is 11.8 Å². The molecule has 1 saturated heterocycles. The van der Waals surface area contributed by atoms with Crippen molar-refractivity contribution in [2.75, 3.05) is 19.6 Å². The zero-order chi connectivity index (χ0) is 18.6. The van der Waals surface area contributed by atoms with Crippen LogP contribution in [0.3, 0.4) is 0 Å². The number of benzene rings is 1. The number of aliphatic carboxylic acids is 1. The lowest BCUT2D eigenvalue weighted by atomic mass is 9.95. The van der Waals surface area contributed by atoms with E-state index in [0.717, 1.165) is 6.07 Å². The van der Waals surface area contributed by atoms with E-state index < -0.39 is 29.6 Å². The monoisotopic (exact) mass is 371 g/mol. The van der Waals surface area contributed by atoms with Crippen LogP contribution in [0.1, 0.15) is 24.4 Å². The number of amides is 2. The second-order valence-corrected chi connectivity index (χ2v) is 6.38. The zero-order valence-corrected chi connectivity index (χ0v) is 14.1. The quantitative estimate of drug-likeness (QED) is 0.688. The molecule has 136 valence electrons. The van der Waals surface area contributed by atoms with Gasteiger partial charge >= 0.3 is 5.97 Å². The van der Waals surface area contributed by atoms with E-state index in [1.54, 1.807) is 0 Å². The van der Waals surface area contributed by atoms with Gasteiger partial charge in [0.1, 0.15) is 5.82 Å². The van der Waals surface area contributed by atoms with Gasteiger partial charge in [-0.25, -0.2) is 9.18 Å². The summed E-state index contributed by atoms with van der Waals surface area (Å²) in [4.78, 5) is 36.6. The fourth-order valence-electron chi connectivity index (χ4n) is 2.81. The van der Waals surface area contributed by atoms with Gasteiger partial charge in [-0.15, -0.1) is 0 Å². The Kier molecular flexibility index (Phi) is 6.33. The number of primary amides is 1. The minimum absolute atomic E-state index is 0.139. The molecule has 1 atom stereocenters. The van der Waals surface area contributed by atoms with Gasteiger partial charge < -0.3 is 16.2 Å². The van der Waals surface area contributed by atoms with E-state index in [9.17, 15) is 23.9 Å². The van der Waals surface area contributed by atoms with Crippen molar-refractivity contribution in [3.8, 4) is 0 Å². The van der Waals surface area contributed by atoms with Crippen molar-refractivity contribution < 1.29 is 23.9 Å². The van der Waals surface area contributed by atoms with Crippen molar-refractivity contribution in [1.82, 2.24) is 10.2 Å². The van der Waals surface area contributed by atoms with Gasteiger partial charge in [0.05, 0.1) is 11.6 Å². The molecule has 1 aliphatic rings. The Morgan fingerprint density at radius 3 is 2.52 bits per heavy atom. The highest BCUT2D eigenvalue weighted by Crippen LogP contribution is 2.23. The molecule has 0 unspecified atom stereocenters. The standard InChI is InChI=1S/C16H19ClFN3O4/c17-11-7-10(1-2-12(11)18)14(16(24)25)20-15(23)9-3-5-21(6-4-9)8-13(19)22/h1-2,7,9,14H,3-6,8H2,(H2,19,22)(H,20,23)(H,24,25)/t14-/m0/s1. The Morgan fingerprint density at radius 2 is 2.00 bits per heavy atom. The largest absolute Gasteiger partial charge is 0.479 e. The molecule has 2 rings (SSSR count). The molecule has 1 aromatic carbocycles. The second-order valence-electron chi connectivity index (χ2n) is 5.97. The topological polar surface area (TPSA) is 113 Å². The average molecular weight is 372 g/mol. The number of carboxylic acids is 1. The number of likely N-dealkylation sites (tertiary alicyclic amines) is 1. The molecule has 0 bridgehead atoms. The van der Waals surface area contributed by atoms with Gasteiger partial charge in [-0.2, -0.15) is 0 Å². The molecule has 1 aliphatic heterocycles. The van der Waals surface area contributed by atoms with Crippen LogP contribution in [-0.4, -0.2) is 47.4 Å². The summed E-state index contributed by atoms with van der Waals surface area (Å²) in [6.45, 7) is 1.20. The minimum atomic E-state index is -1.31. The molecule has 0 aliphatic carbocycles. The van der Waals surface area contributed by atoms with E-state index in [0.29, 0.717) is 25.9 Å². The van der Waals surface area contributed by atoms with Crippen LogP contribution in [-0.2, 0) is 14.4 Å². The Morgan fingerprint density at radius 1 is 1.36 bits per heavy atom. The van der Waals surface area contributed by atoms with Gasteiger partial charge in [-0.05, 0) is 43.6 Å².